The summed E-state index contributed by atoms with van der Waals surface area (Å²) in [5.74, 6) is 0.895. The molecule has 0 aromatic rings. The molecule has 13 heavy (non-hydrogen) atoms. The van der Waals surface area contributed by atoms with Gasteiger partial charge in [0.1, 0.15) is 0 Å². The third-order valence-electron chi connectivity index (χ3n) is 2.59. The van der Waals surface area contributed by atoms with Crippen LogP contribution in [0.3, 0.4) is 0 Å². The van der Waals surface area contributed by atoms with Crippen molar-refractivity contribution in [2.24, 2.45) is 0 Å². The van der Waals surface area contributed by atoms with Crippen molar-refractivity contribution in [1.29, 1.82) is 0 Å². The van der Waals surface area contributed by atoms with Gasteiger partial charge in [0, 0.05) is 17.0 Å². The SMILES string of the molecule is CCNC1CCCCC1SCCO. The van der Waals surface area contributed by atoms with Gasteiger partial charge in [0.25, 0.3) is 0 Å². The van der Waals surface area contributed by atoms with Gasteiger partial charge in [0.05, 0.1) is 6.61 Å². The van der Waals surface area contributed by atoms with E-state index in [2.05, 4.69) is 12.2 Å². The Morgan fingerprint density at radius 2 is 2.15 bits per heavy atom. The predicted octanol–water partition coefficient (Wildman–Crippen LogP) is 1.63. The first-order valence-corrected chi connectivity index (χ1v) is 6.39. The zero-order chi connectivity index (χ0) is 9.52. The van der Waals surface area contributed by atoms with Crippen LogP contribution < -0.4 is 5.32 Å². The molecular formula is C10H21NOS. The van der Waals surface area contributed by atoms with Gasteiger partial charge in [-0.2, -0.15) is 11.8 Å². The molecule has 1 fully saturated rings. The molecule has 78 valence electrons. The summed E-state index contributed by atoms with van der Waals surface area (Å²) in [6.45, 7) is 3.56. The molecule has 2 unspecified atom stereocenters. The Morgan fingerprint density at radius 1 is 1.38 bits per heavy atom. The van der Waals surface area contributed by atoms with Crippen molar-refractivity contribution in [3.05, 3.63) is 0 Å². The second kappa shape index (κ2) is 6.68. The summed E-state index contributed by atoms with van der Waals surface area (Å²) in [7, 11) is 0. The Morgan fingerprint density at radius 3 is 2.85 bits per heavy atom. The molecule has 1 aliphatic carbocycles. The fourth-order valence-corrected chi connectivity index (χ4v) is 3.20. The van der Waals surface area contributed by atoms with Gasteiger partial charge in [-0.25, -0.2) is 0 Å². The summed E-state index contributed by atoms with van der Waals surface area (Å²) < 4.78 is 0. The predicted molar refractivity (Wildman–Crippen MR) is 59.3 cm³/mol. The van der Waals surface area contributed by atoms with Crippen molar-refractivity contribution in [2.45, 2.75) is 43.9 Å². The average Bonchev–Trinajstić information content (AvgIpc) is 2.17. The van der Waals surface area contributed by atoms with Crippen molar-refractivity contribution >= 4 is 11.8 Å². The maximum atomic E-state index is 8.77. The van der Waals surface area contributed by atoms with Gasteiger partial charge in [-0.15, -0.1) is 0 Å². The molecule has 0 aliphatic heterocycles. The van der Waals surface area contributed by atoms with E-state index in [0.29, 0.717) is 12.6 Å². The molecule has 1 saturated carbocycles. The van der Waals surface area contributed by atoms with Crippen LogP contribution in [0, 0.1) is 0 Å². The lowest BCUT2D eigenvalue weighted by Gasteiger charge is -2.31. The lowest BCUT2D eigenvalue weighted by Crippen LogP contribution is -2.40. The number of aliphatic hydroxyl groups excluding tert-OH is 1. The first-order chi connectivity index (χ1) is 6.38. The van der Waals surface area contributed by atoms with Crippen LogP contribution in [0.25, 0.3) is 0 Å². The number of hydrogen-bond acceptors (Lipinski definition) is 3. The molecule has 3 heteroatoms. The minimum atomic E-state index is 0.319. The monoisotopic (exact) mass is 203 g/mol. The Balaban J connectivity index is 2.28. The van der Waals surface area contributed by atoms with E-state index in [1.54, 1.807) is 0 Å². The highest BCUT2D eigenvalue weighted by atomic mass is 32.2. The molecule has 0 amide bonds. The Bertz CT molecular complexity index is 130. The molecule has 0 aromatic heterocycles. The maximum Gasteiger partial charge on any atom is 0.0521 e. The molecular weight excluding hydrogens is 182 g/mol. The van der Waals surface area contributed by atoms with Crippen LogP contribution in [0.15, 0.2) is 0 Å². The average molecular weight is 203 g/mol. The molecule has 1 aliphatic rings. The van der Waals surface area contributed by atoms with Crippen LogP contribution >= 0.6 is 11.8 Å². The van der Waals surface area contributed by atoms with E-state index in [4.69, 9.17) is 5.11 Å². The lowest BCUT2D eigenvalue weighted by atomic mass is 9.95. The quantitative estimate of drug-likeness (QED) is 0.712. The topological polar surface area (TPSA) is 32.3 Å². The van der Waals surface area contributed by atoms with E-state index in [1.807, 2.05) is 11.8 Å². The number of hydrogen-bond donors (Lipinski definition) is 2. The van der Waals surface area contributed by atoms with Crippen molar-refractivity contribution in [3.63, 3.8) is 0 Å². The van der Waals surface area contributed by atoms with Crippen LogP contribution in [0.4, 0.5) is 0 Å². The highest BCUT2D eigenvalue weighted by Gasteiger charge is 2.23. The first-order valence-electron chi connectivity index (χ1n) is 5.34. The number of nitrogens with one attached hydrogen (secondary N) is 1. The molecule has 0 saturated heterocycles. The standard InChI is InChI=1S/C10H21NOS/c1-2-11-9-5-3-4-6-10(9)13-8-7-12/h9-12H,2-8H2,1H3. The van der Waals surface area contributed by atoms with Crippen LogP contribution in [0.5, 0.6) is 0 Å². The van der Waals surface area contributed by atoms with Crippen LogP contribution in [0.1, 0.15) is 32.6 Å². The van der Waals surface area contributed by atoms with Gasteiger partial charge in [0.2, 0.25) is 0 Å². The van der Waals surface area contributed by atoms with E-state index in [0.717, 1.165) is 17.5 Å². The van der Waals surface area contributed by atoms with Gasteiger partial charge < -0.3 is 10.4 Å². The minimum Gasteiger partial charge on any atom is -0.396 e. The second-order valence-corrected chi connectivity index (χ2v) is 4.93. The van der Waals surface area contributed by atoms with E-state index in [-0.39, 0.29) is 0 Å². The Kier molecular flexibility index (Phi) is 5.83. The molecule has 1 rings (SSSR count). The zero-order valence-electron chi connectivity index (χ0n) is 8.46. The third-order valence-corrected chi connectivity index (χ3v) is 4.00. The molecule has 0 radical (unpaired) electrons. The molecule has 2 N–H and O–H groups in total. The molecule has 0 spiro atoms. The highest BCUT2D eigenvalue weighted by Crippen LogP contribution is 2.28. The van der Waals surface area contributed by atoms with E-state index in [1.165, 1.54) is 25.7 Å². The summed E-state index contributed by atoms with van der Waals surface area (Å²) in [4.78, 5) is 0. The van der Waals surface area contributed by atoms with Crippen LogP contribution in [0.2, 0.25) is 0 Å². The van der Waals surface area contributed by atoms with Crippen molar-refractivity contribution in [1.82, 2.24) is 5.32 Å². The number of thioether (sulfide) groups is 1. The third kappa shape index (κ3) is 3.88. The Labute approximate surface area is 85.5 Å². The van der Waals surface area contributed by atoms with Gasteiger partial charge in [-0.05, 0) is 19.4 Å². The van der Waals surface area contributed by atoms with Gasteiger partial charge >= 0.3 is 0 Å². The smallest absolute Gasteiger partial charge is 0.0521 e. The Hall–Kier alpha value is 0.270. The molecule has 0 bridgehead atoms. The first kappa shape index (κ1) is 11.3. The summed E-state index contributed by atoms with van der Waals surface area (Å²) in [5.41, 5.74) is 0. The van der Waals surface area contributed by atoms with Crippen LogP contribution in [-0.4, -0.2) is 35.3 Å². The van der Waals surface area contributed by atoms with Crippen molar-refractivity contribution < 1.29 is 5.11 Å². The lowest BCUT2D eigenvalue weighted by molar-refractivity contribution is 0.321. The highest BCUT2D eigenvalue weighted by molar-refractivity contribution is 7.99. The minimum absolute atomic E-state index is 0.319. The molecule has 2 atom stereocenters. The largest absolute Gasteiger partial charge is 0.396 e. The summed E-state index contributed by atoms with van der Waals surface area (Å²) >= 11 is 1.93. The van der Waals surface area contributed by atoms with Gasteiger partial charge in [-0.3, -0.25) is 0 Å². The summed E-state index contributed by atoms with van der Waals surface area (Å²) in [6.07, 6.45) is 5.37. The normalized spacial score (nSPS) is 29.1. The van der Waals surface area contributed by atoms with Crippen molar-refractivity contribution in [2.75, 3.05) is 18.9 Å². The molecule has 0 aromatic carbocycles. The van der Waals surface area contributed by atoms with Crippen LogP contribution in [-0.2, 0) is 0 Å². The summed E-state index contributed by atoms with van der Waals surface area (Å²) in [5, 5.41) is 13.0. The van der Waals surface area contributed by atoms with Gasteiger partial charge in [-0.1, -0.05) is 19.8 Å². The fraction of sp³-hybridized carbons (Fsp3) is 1.00. The second-order valence-electron chi connectivity index (χ2n) is 3.58. The van der Waals surface area contributed by atoms with E-state index in [9.17, 15) is 0 Å². The van der Waals surface area contributed by atoms with E-state index < -0.39 is 0 Å². The fourth-order valence-electron chi connectivity index (χ4n) is 2.00. The van der Waals surface area contributed by atoms with E-state index >= 15 is 0 Å². The van der Waals surface area contributed by atoms with Gasteiger partial charge in [0.15, 0.2) is 0 Å². The summed E-state index contributed by atoms with van der Waals surface area (Å²) in [6, 6.07) is 0.690. The number of rotatable bonds is 5. The maximum absolute atomic E-state index is 8.77. The van der Waals surface area contributed by atoms with Crippen molar-refractivity contribution in [3.8, 4) is 0 Å². The molecule has 2 nitrogen and oxygen atoms in total. The zero-order valence-corrected chi connectivity index (χ0v) is 9.28. The number of aliphatic hydroxyl groups is 1. The molecule has 0 heterocycles.